The molecule has 1 aromatic heterocycles. The van der Waals surface area contributed by atoms with Crippen LogP contribution >= 0.6 is 23.5 Å². The van der Waals surface area contributed by atoms with Gasteiger partial charge in [0.25, 0.3) is 0 Å². The van der Waals surface area contributed by atoms with Crippen molar-refractivity contribution in [1.29, 1.82) is 0 Å². The molecule has 0 amide bonds. The first-order chi connectivity index (χ1) is 10.7. The van der Waals surface area contributed by atoms with Gasteiger partial charge in [0.1, 0.15) is 16.7 Å². The first-order valence-electron chi connectivity index (χ1n) is 6.52. The summed E-state index contributed by atoms with van der Waals surface area (Å²) in [6.07, 6.45) is 1.78. The molecule has 3 rings (SSSR count). The van der Waals surface area contributed by atoms with Gasteiger partial charge in [-0.05, 0) is 60.7 Å². The van der Waals surface area contributed by atoms with Crippen molar-refractivity contribution >= 4 is 23.5 Å². The van der Waals surface area contributed by atoms with Gasteiger partial charge in [0.2, 0.25) is 0 Å². The lowest BCUT2D eigenvalue weighted by Crippen LogP contribution is -1.82. The Morgan fingerprint density at radius 1 is 0.591 bits per heavy atom. The average Bonchev–Trinajstić information content (AvgIpc) is 2.54. The van der Waals surface area contributed by atoms with Gasteiger partial charge >= 0.3 is 0 Å². The van der Waals surface area contributed by atoms with E-state index in [9.17, 15) is 8.78 Å². The largest absolute Gasteiger partial charge is 0.248 e. The number of hydrogen-bond acceptors (Lipinski definition) is 3. The third-order valence-electron chi connectivity index (χ3n) is 2.79. The molecule has 0 aliphatic rings. The van der Waals surface area contributed by atoms with Crippen LogP contribution in [0.4, 0.5) is 8.78 Å². The highest BCUT2D eigenvalue weighted by molar-refractivity contribution is 7.99. The predicted octanol–water partition coefficient (Wildman–Crippen LogP) is 5.66. The fraction of sp³-hybridized carbons (Fsp3) is 0. The Balaban J connectivity index is 1.67. The van der Waals surface area contributed by atoms with E-state index in [-0.39, 0.29) is 11.6 Å². The maximum Gasteiger partial charge on any atom is 0.123 e. The summed E-state index contributed by atoms with van der Waals surface area (Å²) >= 11 is 3.00. The van der Waals surface area contributed by atoms with Crippen LogP contribution in [0, 0.1) is 11.6 Å². The summed E-state index contributed by atoms with van der Waals surface area (Å²) < 4.78 is 25.7. The molecule has 0 fully saturated rings. The number of hydrogen-bond donors (Lipinski definition) is 0. The van der Waals surface area contributed by atoms with Gasteiger partial charge in [-0.1, -0.05) is 23.5 Å². The summed E-state index contributed by atoms with van der Waals surface area (Å²) in [5.41, 5.74) is 0. The molecule has 22 heavy (non-hydrogen) atoms. The summed E-state index contributed by atoms with van der Waals surface area (Å²) in [6.45, 7) is 0. The van der Waals surface area contributed by atoms with Crippen molar-refractivity contribution in [1.82, 2.24) is 4.98 Å². The van der Waals surface area contributed by atoms with Crippen LogP contribution in [0.5, 0.6) is 0 Å². The molecule has 0 bridgehead atoms. The smallest absolute Gasteiger partial charge is 0.123 e. The molecule has 2 aromatic carbocycles. The van der Waals surface area contributed by atoms with Crippen molar-refractivity contribution in [3.63, 3.8) is 0 Å². The first-order valence-corrected chi connectivity index (χ1v) is 8.15. The monoisotopic (exact) mass is 331 g/mol. The lowest BCUT2D eigenvalue weighted by atomic mass is 10.4. The molecule has 0 spiro atoms. The van der Waals surface area contributed by atoms with E-state index < -0.39 is 0 Å². The van der Waals surface area contributed by atoms with E-state index in [0.29, 0.717) is 0 Å². The van der Waals surface area contributed by atoms with Crippen molar-refractivity contribution in [3.05, 3.63) is 78.5 Å². The topological polar surface area (TPSA) is 12.9 Å². The lowest BCUT2D eigenvalue weighted by molar-refractivity contribution is 0.626. The van der Waals surface area contributed by atoms with Crippen LogP contribution in [-0.2, 0) is 0 Å². The molecule has 0 aliphatic heterocycles. The van der Waals surface area contributed by atoms with E-state index in [4.69, 9.17) is 0 Å². The molecule has 110 valence electrons. The van der Waals surface area contributed by atoms with Gasteiger partial charge in [-0.15, -0.1) is 0 Å². The van der Waals surface area contributed by atoms with Crippen LogP contribution in [0.1, 0.15) is 0 Å². The average molecular weight is 331 g/mol. The number of benzene rings is 2. The Kier molecular flexibility index (Phi) is 4.75. The van der Waals surface area contributed by atoms with Gasteiger partial charge in [-0.2, -0.15) is 0 Å². The van der Waals surface area contributed by atoms with E-state index in [1.54, 1.807) is 30.5 Å². The number of pyridine rings is 1. The molecule has 1 heterocycles. The molecule has 5 heteroatoms. The number of rotatable bonds is 4. The van der Waals surface area contributed by atoms with Crippen molar-refractivity contribution in [2.45, 2.75) is 19.7 Å². The van der Waals surface area contributed by atoms with Gasteiger partial charge < -0.3 is 0 Å². The van der Waals surface area contributed by atoms with Gasteiger partial charge in [-0.25, -0.2) is 13.8 Å². The highest BCUT2D eigenvalue weighted by Gasteiger charge is 2.02. The van der Waals surface area contributed by atoms with E-state index in [2.05, 4.69) is 4.98 Å². The molecule has 1 nitrogen and oxygen atoms in total. The second-order valence-corrected chi connectivity index (χ2v) is 6.68. The summed E-state index contributed by atoms with van der Waals surface area (Å²) in [4.78, 5) is 7.26. The second kappa shape index (κ2) is 6.94. The van der Waals surface area contributed by atoms with Crippen molar-refractivity contribution in [2.75, 3.05) is 0 Å². The van der Waals surface area contributed by atoms with Crippen molar-refractivity contribution in [3.8, 4) is 0 Å². The third-order valence-corrected chi connectivity index (χ3v) is 4.74. The Morgan fingerprint density at radius 3 is 1.59 bits per heavy atom. The number of aromatic nitrogens is 1. The Morgan fingerprint density at radius 2 is 1.09 bits per heavy atom. The maximum atomic E-state index is 12.9. The minimum absolute atomic E-state index is 0.242. The van der Waals surface area contributed by atoms with E-state index in [1.807, 2.05) is 12.1 Å². The molecule has 0 unspecified atom stereocenters. The number of halogens is 2. The minimum Gasteiger partial charge on any atom is -0.248 e. The molecule has 0 N–H and O–H groups in total. The van der Waals surface area contributed by atoms with Crippen LogP contribution in [0.15, 0.2) is 86.6 Å². The predicted molar refractivity (Wildman–Crippen MR) is 85.3 cm³/mol. The quantitative estimate of drug-likeness (QED) is 0.612. The SMILES string of the molecule is Fc1ccc(Sc2ccc(Sc3ccc(F)cc3)nc2)cc1. The minimum atomic E-state index is -0.247. The number of nitrogens with zero attached hydrogens (tertiary/aromatic N) is 1. The van der Waals surface area contributed by atoms with E-state index in [1.165, 1.54) is 47.8 Å². The zero-order chi connectivity index (χ0) is 15.4. The Hall–Kier alpha value is -1.85. The zero-order valence-electron chi connectivity index (χ0n) is 11.4. The van der Waals surface area contributed by atoms with Crippen LogP contribution in [0.3, 0.4) is 0 Å². The molecule has 0 atom stereocenters. The molecule has 0 saturated carbocycles. The van der Waals surface area contributed by atoms with Crippen LogP contribution in [0.25, 0.3) is 0 Å². The Labute approximate surface area is 135 Å². The van der Waals surface area contributed by atoms with Gasteiger partial charge in [0, 0.05) is 20.9 Å². The lowest BCUT2D eigenvalue weighted by Gasteiger charge is -2.04. The highest BCUT2D eigenvalue weighted by Crippen LogP contribution is 2.30. The van der Waals surface area contributed by atoms with Crippen LogP contribution < -0.4 is 0 Å². The second-order valence-electron chi connectivity index (χ2n) is 4.44. The molecule has 3 aromatic rings. The molecule has 0 aliphatic carbocycles. The first kappa shape index (κ1) is 15.1. The zero-order valence-corrected chi connectivity index (χ0v) is 13.0. The maximum absolute atomic E-state index is 12.9. The molecular formula is C17H11F2NS2. The summed E-state index contributed by atoms with van der Waals surface area (Å²) in [7, 11) is 0. The molecule has 0 radical (unpaired) electrons. The third kappa shape index (κ3) is 4.08. The standard InChI is InChI=1S/C17H11F2NS2/c18-12-1-5-14(6-2-12)21-16-9-10-17(20-11-16)22-15-7-3-13(19)4-8-15/h1-11H. The van der Waals surface area contributed by atoms with Gasteiger partial charge in [0.15, 0.2) is 0 Å². The van der Waals surface area contributed by atoms with Crippen molar-refractivity contribution in [2.24, 2.45) is 0 Å². The summed E-state index contributed by atoms with van der Waals surface area (Å²) in [5.74, 6) is -0.489. The van der Waals surface area contributed by atoms with Crippen LogP contribution in [0.2, 0.25) is 0 Å². The van der Waals surface area contributed by atoms with Crippen molar-refractivity contribution < 1.29 is 8.78 Å². The Bertz CT molecular complexity index is 675. The van der Waals surface area contributed by atoms with Gasteiger partial charge in [-0.3, -0.25) is 0 Å². The molecule has 0 saturated heterocycles. The normalized spacial score (nSPS) is 10.6. The van der Waals surface area contributed by atoms with Crippen LogP contribution in [-0.4, -0.2) is 4.98 Å². The van der Waals surface area contributed by atoms with E-state index >= 15 is 0 Å². The summed E-state index contributed by atoms with van der Waals surface area (Å²) in [6, 6.07) is 16.5. The fourth-order valence-electron chi connectivity index (χ4n) is 1.75. The van der Waals surface area contributed by atoms with E-state index in [0.717, 1.165) is 19.7 Å². The highest BCUT2D eigenvalue weighted by atomic mass is 32.2. The summed E-state index contributed by atoms with van der Waals surface area (Å²) in [5, 5.41) is 0.843. The molecular weight excluding hydrogens is 320 g/mol. The van der Waals surface area contributed by atoms with Gasteiger partial charge in [0.05, 0.1) is 0 Å². The fourth-order valence-corrected chi connectivity index (χ4v) is 3.29.